The number of hydrogen-bond acceptors (Lipinski definition) is 7. The summed E-state index contributed by atoms with van der Waals surface area (Å²) in [5, 5.41) is 20.1. The van der Waals surface area contributed by atoms with Crippen LogP contribution in [0.25, 0.3) is 0 Å². The molecule has 1 saturated heterocycles. The quantitative estimate of drug-likeness (QED) is 0.325. The average Bonchev–Trinajstić information content (AvgIpc) is 2.63. The SMILES string of the molecule is CS(=O)(=O)c1ccc(NCCNC(=O)CCC2CCNCC2)c([N+](=O)[O-])c1. The van der Waals surface area contributed by atoms with Crippen molar-refractivity contribution >= 4 is 27.1 Å². The van der Waals surface area contributed by atoms with Gasteiger partial charge in [0.15, 0.2) is 9.84 Å². The maximum absolute atomic E-state index is 11.9. The second kappa shape index (κ2) is 9.65. The van der Waals surface area contributed by atoms with Crippen molar-refractivity contribution in [1.29, 1.82) is 0 Å². The lowest BCUT2D eigenvalue weighted by atomic mass is 9.93. The van der Waals surface area contributed by atoms with Crippen LogP contribution >= 0.6 is 0 Å². The molecular formula is C17H26N4O5S. The van der Waals surface area contributed by atoms with Gasteiger partial charge in [0.1, 0.15) is 5.69 Å². The minimum absolute atomic E-state index is 0.0303. The van der Waals surface area contributed by atoms with Crippen molar-refractivity contribution in [3.63, 3.8) is 0 Å². The standard InChI is InChI=1S/C17H26N4O5S/c1-27(25,26)14-3-4-15(16(12-14)21(23)24)19-10-11-20-17(22)5-2-13-6-8-18-9-7-13/h3-4,12-13,18-19H,2,5-11H2,1H3,(H,20,22). The van der Waals surface area contributed by atoms with E-state index in [9.17, 15) is 23.3 Å². The molecule has 0 radical (unpaired) electrons. The zero-order valence-corrected chi connectivity index (χ0v) is 16.2. The van der Waals surface area contributed by atoms with Gasteiger partial charge in [0.25, 0.3) is 5.69 Å². The van der Waals surface area contributed by atoms with E-state index in [4.69, 9.17) is 0 Å². The molecule has 1 aromatic carbocycles. The van der Waals surface area contributed by atoms with Gasteiger partial charge in [-0.25, -0.2) is 8.42 Å². The Kier molecular flexibility index (Phi) is 7.55. The maximum atomic E-state index is 11.9. The van der Waals surface area contributed by atoms with Crippen molar-refractivity contribution in [2.24, 2.45) is 5.92 Å². The molecule has 1 heterocycles. The summed E-state index contributed by atoms with van der Waals surface area (Å²) in [5.74, 6) is 0.559. The zero-order valence-electron chi connectivity index (χ0n) is 15.4. The number of benzene rings is 1. The summed E-state index contributed by atoms with van der Waals surface area (Å²) < 4.78 is 23.1. The highest BCUT2D eigenvalue weighted by molar-refractivity contribution is 7.90. The molecule has 0 unspecified atom stereocenters. The summed E-state index contributed by atoms with van der Waals surface area (Å²) in [4.78, 5) is 22.3. The molecule has 1 aromatic rings. The third-order valence-electron chi connectivity index (χ3n) is 4.60. The van der Waals surface area contributed by atoms with E-state index in [1.165, 1.54) is 12.1 Å². The predicted molar refractivity (Wildman–Crippen MR) is 103 cm³/mol. The summed E-state index contributed by atoms with van der Waals surface area (Å²) in [6.45, 7) is 2.65. The minimum Gasteiger partial charge on any atom is -0.378 e. The van der Waals surface area contributed by atoms with E-state index in [2.05, 4.69) is 16.0 Å². The normalized spacial score (nSPS) is 15.3. The molecule has 27 heavy (non-hydrogen) atoms. The number of sulfone groups is 1. The van der Waals surface area contributed by atoms with Crippen LogP contribution in [0.15, 0.2) is 23.1 Å². The van der Waals surface area contributed by atoms with Crippen LogP contribution < -0.4 is 16.0 Å². The molecule has 1 amide bonds. The summed E-state index contributed by atoms with van der Waals surface area (Å²) in [6.07, 6.45) is 4.55. The molecule has 2 rings (SSSR count). The molecule has 1 aliphatic heterocycles. The van der Waals surface area contributed by atoms with Crippen LogP contribution in [0.2, 0.25) is 0 Å². The smallest absolute Gasteiger partial charge is 0.293 e. The fourth-order valence-electron chi connectivity index (χ4n) is 3.04. The van der Waals surface area contributed by atoms with Gasteiger partial charge < -0.3 is 16.0 Å². The van der Waals surface area contributed by atoms with Crippen molar-refractivity contribution in [3.8, 4) is 0 Å². The topological polar surface area (TPSA) is 130 Å². The van der Waals surface area contributed by atoms with E-state index in [1.54, 1.807) is 0 Å². The number of nitro groups is 1. The minimum atomic E-state index is -3.52. The Bertz CT molecular complexity index is 776. The lowest BCUT2D eigenvalue weighted by Gasteiger charge is -2.22. The van der Waals surface area contributed by atoms with Crippen molar-refractivity contribution < 1.29 is 18.1 Å². The Morgan fingerprint density at radius 1 is 1.30 bits per heavy atom. The number of nitro benzene ring substituents is 1. The van der Waals surface area contributed by atoms with E-state index >= 15 is 0 Å². The Morgan fingerprint density at radius 3 is 2.63 bits per heavy atom. The number of carbonyl (C=O) groups is 1. The van der Waals surface area contributed by atoms with Crippen LogP contribution in [0.5, 0.6) is 0 Å². The van der Waals surface area contributed by atoms with E-state index in [1.807, 2.05) is 0 Å². The molecule has 0 atom stereocenters. The largest absolute Gasteiger partial charge is 0.378 e. The van der Waals surface area contributed by atoms with Gasteiger partial charge in [0, 0.05) is 31.8 Å². The van der Waals surface area contributed by atoms with E-state index in [0.29, 0.717) is 25.4 Å². The summed E-state index contributed by atoms with van der Waals surface area (Å²) in [7, 11) is -3.52. The van der Waals surface area contributed by atoms with Crippen molar-refractivity contribution in [2.75, 3.05) is 37.8 Å². The number of hydrogen-bond donors (Lipinski definition) is 3. The molecule has 0 spiro atoms. The van der Waals surface area contributed by atoms with Gasteiger partial charge in [-0.2, -0.15) is 0 Å². The average molecular weight is 398 g/mol. The van der Waals surface area contributed by atoms with Crippen LogP contribution in [0, 0.1) is 16.0 Å². The van der Waals surface area contributed by atoms with Crippen LogP contribution in [-0.2, 0) is 14.6 Å². The Hall–Kier alpha value is -2.20. The van der Waals surface area contributed by atoms with Gasteiger partial charge in [-0.15, -0.1) is 0 Å². The summed E-state index contributed by atoms with van der Waals surface area (Å²) in [6, 6.07) is 3.73. The zero-order chi connectivity index (χ0) is 19.9. The lowest BCUT2D eigenvalue weighted by Crippen LogP contribution is -2.31. The van der Waals surface area contributed by atoms with E-state index in [0.717, 1.165) is 44.7 Å². The van der Waals surface area contributed by atoms with E-state index < -0.39 is 14.8 Å². The Morgan fingerprint density at radius 2 is 2.00 bits per heavy atom. The van der Waals surface area contributed by atoms with Crippen LogP contribution in [0.4, 0.5) is 11.4 Å². The third-order valence-corrected chi connectivity index (χ3v) is 5.71. The third kappa shape index (κ3) is 6.79. The monoisotopic (exact) mass is 398 g/mol. The van der Waals surface area contributed by atoms with Gasteiger partial charge in [0.05, 0.1) is 9.82 Å². The van der Waals surface area contributed by atoms with Crippen LogP contribution in [-0.4, -0.2) is 51.7 Å². The van der Waals surface area contributed by atoms with Gasteiger partial charge in [-0.3, -0.25) is 14.9 Å². The van der Waals surface area contributed by atoms with Gasteiger partial charge in [0.2, 0.25) is 5.91 Å². The van der Waals surface area contributed by atoms with Crippen LogP contribution in [0.3, 0.4) is 0 Å². The Balaban J connectivity index is 1.79. The van der Waals surface area contributed by atoms with Gasteiger partial charge in [-0.05, 0) is 50.4 Å². The second-order valence-corrected chi connectivity index (χ2v) is 8.73. The molecule has 150 valence electrons. The maximum Gasteiger partial charge on any atom is 0.293 e. The fourth-order valence-corrected chi connectivity index (χ4v) is 3.68. The molecule has 9 nitrogen and oxygen atoms in total. The molecule has 0 saturated carbocycles. The van der Waals surface area contributed by atoms with Gasteiger partial charge >= 0.3 is 0 Å². The predicted octanol–water partition coefficient (Wildman–Crippen LogP) is 1.31. The lowest BCUT2D eigenvalue weighted by molar-refractivity contribution is -0.384. The molecule has 0 bridgehead atoms. The number of nitrogens with one attached hydrogen (secondary N) is 3. The molecular weight excluding hydrogens is 372 g/mol. The summed E-state index contributed by atoms with van der Waals surface area (Å²) in [5.41, 5.74) is -0.0912. The molecule has 0 aliphatic carbocycles. The molecule has 1 aliphatic rings. The fraction of sp³-hybridized carbons (Fsp3) is 0.588. The number of nitrogens with zero attached hydrogens (tertiary/aromatic N) is 1. The molecule has 1 fully saturated rings. The first-order valence-corrected chi connectivity index (χ1v) is 10.9. The summed E-state index contributed by atoms with van der Waals surface area (Å²) >= 11 is 0. The second-order valence-electron chi connectivity index (χ2n) is 6.72. The number of rotatable bonds is 9. The number of amides is 1. The van der Waals surface area contributed by atoms with Crippen molar-refractivity contribution in [3.05, 3.63) is 28.3 Å². The molecule has 10 heteroatoms. The molecule has 3 N–H and O–H groups in total. The van der Waals surface area contributed by atoms with Crippen molar-refractivity contribution in [2.45, 2.75) is 30.6 Å². The number of piperidine rings is 1. The van der Waals surface area contributed by atoms with Gasteiger partial charge in [-0.1, -0.05) is 0 Å². The van der Waals surface area contributed by atoms with E-state index in [-0.39, 0.29) is 22.2 Å². The first kappa shape index (κ1) is 21.1. The number of anilines is 1. The Labute approximate surface area is 159 Å². The highest BCUT2D eigenvalue weighted by Gasteiger charge is 2.18. The first-order valence-electron chi connectivity index (χ1n) is 8.97. The highest BCUT2D eigenvalue weighted by Crippen LogP contribution is 2.27. The molecule has 0 aromatic heterocycles. The van der Waals surface area contributed by atoms with Crippen LogP contribution in [0.1, 0.15) is 25.7 Å². The first-order chi connectivity index (χ1) is 12.8. The number of carbonyl (C=O) groups excluding carboxylic acids is 1. The van der Waals surface area contributed by atoms with Crippen molar-refractivity contribution in [1.82, 2.24) is 10.6 Å². The highest BCUT2D eigenvalue weighted by atomic mass is 32.2.